The number of nitrogens with zero attached hydrogens (tertiary/aromatic N) is 8. The summed E-state index contributed by atoms with van der Waals surface area (Å²) in [6.07, 6.45) is 3.31. The van der Waals surface area contributed by atoms with Crippen molar-refractivity contribution < 1.29 is 4.79 Å². The number of rotatable bonds is 2. The van der Waals surface area contributed by atoms with Gasteiger partial charge in [0.05, 0.1) is 11.9 Å². The molecule has 3 aromatic heterocycles. The Hall–Kier alpha value is -2.84. The van der Waals surface area contributed by atoms with Crippen molar-refractivity contribution in [3.05, 3.63) is 35.5 Å². The van der Waals surface area contributed by atoms with E-state index in [1.165, 1.54) is 0 Å². The highest BCUT2D eigenvalue weighted by Crippen LogP contribution is 2.28. The number of carbonyl (C=O) groups excluding carboxylic acids is 1. The number of fused-ring (bicyclic) bond motifs is 1. The number of aromatic nitrogens is 7. The third-order valence-corrected chi connectivity index (χ3v) is 5.02. The van der Waals surface area contributed by atoms with Gasteiger partial charge in [0.2, 0.25) is 0 Å². The highest BCUT2D eigenvalue weighted by Gasteiger charge is 2.29. The zero-order chi connectivity index (χ0) is 19.2. The van der Waals surface area contributed by atoms with E-state index >= 15 is 0 Å². The predicted molar refractivity (Wildman–Crippen MR) is 98.4 cm³/mol. The van der Waals surface area contributed by atoms with E-state index in [0.717, 1.165) is 30.0 Å². The lowest BCUT2D eigenvalue weighted by atomic mass is 9.92. The number of amides is 1. The van der Waals surface area contributed by atoms with Gasteiger partial charge in [-0.15, -0.1) is 15.3 Å². The van der Waals surface area contributed by atoms with Crippen molar-refractivity contribution in [2.75, 3.05) is 13.1 Å². The summed E-state index contributed by atoms with van der Waals surface area (Å²) in [7, 11) is 1.76. The lowest BCUT2D eigenvalue weighted by Crippen LogP contribution is -2.38. The molecule has 0 spiro atoms. The fourth-order valence-electron chi connectivity index (χ4n) is 3.41. The van der Waals surface area contributed by atoms with E-state index in [2.05, 4.69) is 41.3 Å². The number of aryl methyl sites for hydroxylation is 1. The molecule has 0 N–H and O–H groups in total. The summed E-state index contributed by atoms with van der Waals surface area (Å²) in [4.78, 5) is 14.4. The van der Waals surface area contributed by atoms with Gasteiger partial charge in [0.1, 0.15) is 0 Å². The summed E-state index contributed by atoms with van der Waals surface area (Å²) < 4.78 is 3.41. The average Bonchev–Trinajstić information content (AvgIpc) is 3.26. The van der Waals surface area contributed by atoms with Gasteiger partial charge in [0.25, 0.3) is 5.91 Å². The Morgan fingerprint density at radius 3 is 2.48 bits per heavy atom. The molecule has 0 saturated carbocycles. The molecule has 9 heteroatoms. The number of carbonyl (C=O) groups is 1. The largest absolute Gasteiger partial charge is 0.337 e. The van der Waals surface area contributed by atoms with Crippen LogP contribution >= 0.6 is 0 Å². The summed E-state index contributed by atoms with van der Waals surface area (Å²) in [6.45, 7) is 7.74. The maximum atomic E-state index is 12.5. The molecule has 4 heterocycles. The van der Waals surface area contributed by atoms with Crippen molar-refractivity contribution in [2.45, 2.75) is 44.9 Å². The third-order valence-electron chi connectivity index (χ3n) is 5.02. The molecule has 0 bridgehead atoms. The molecule has 9 nitrogen and oxygen atoms in total. The quantitative estimate of drug-likeness (QED) is 0.681. The molecule has 1 aliphatic heterocycles. The number of hydrogen-bond acceptors (Lipinski definition) is 6. The maximum Gasteiger partial charge on any atom is 0.276 e. The lowest BCUT2D eigenvalue weighted by molar-refractivity contribution is 0.0704. The van der Waals surface area contributed by atoms with Crippen molar-refractivity contribution in [1.82, 2.24) is 39.7 Å². The normalized spacial score (nSPS) is 16.2. The first-order chi connectivity index (χ1) is 12.8. The van der Waals surface area contributed by atoms with Crippen molar-refractivity contribution in [2.24, 2.45) is 7.05 Å². The van der Waals surface area contributed by atoms with Gasteiger partial charge >= 0.3 is 0 Å². The third kappa shape index (κ3) is 3.29. The van der Waals surface area contributed by atoms with Crippen LogP contribution in [0.15, 0.2) is 18.3 Å². The highest BCUT2D eigenvalue weighted by molar-refractivity contribution is 5.92. The number of likely N-dealkylation sites (tertiary alicyclic amines) is 1. The molecule has 0 unspecified atom stereocenters. The van der Waals surface area contributed by atoms with Crippen molar-refractivity contribution in [1.29, 1.82) is 0 Å². The molecule has 0 atom stereocenters. The minimum absolute atomic E-state index is 0.0395. The van der Waals surface area contributed by atoms with Crippen LogP contribution in [0, 0.1) is 0 Å². The van der Waals surface area contributed by atoms with E-state index in [1.54, 1.807) is 17.9 Å². The Kier molecular flexibility index (Phi) is 4.16. The fraction of sp³-hybridized carbons (Fsp3) is 0.556. The van der Waals surface area contributed by atoms with Gasteiger partial charge in [0, 0.05) is 31.5 Å². The minimum Gasteiger partial charge on any atom is -0.337 e. The van der Waals surface area contributed by atoms with E-state index in [-0.39, 0.29) is 17.2 Å². The standard InChI is InChI=1S/C18H24N8O/c1-18(2,3)14-5-6-15-20-21-16(26(15)22-14)12-7-9-25(10-8-12)17(27)13-11-24(4)23-19-13/h5-6,11-12H,7-10H2,1-4H3. The van der Waals surface area contributed by atoms with Gasteiger partial charge in [0.15, 0.2) is 17.2 Å². The van der Waals surface area contributed by atoms with E-state index in [9.17, 15) is 4.79 Å². The van der Waals surface area contributed by atoms with E-state index in [4.69, 9.17) is 5.10 Å². The van der Waals surface area contributed by atoms with E-state index in [0.29, 0.717) is 18.8 Å². The van der Waals surface area contributed by atoms with Crippen LogP contribution in [0.5, 0.6) is 0 Å². The Bertz CT molecular complexity index is 975. The first kappa shape index (κ1) is 17.6. The van der Waals surface area contributed by atoms with Crippen molar-refractivity contribution in [3.8, 4) is 0 Å². The molecule has 1 saturated heterocycles. The van der Waals surface area contributed by atoms with Crippen LogP contribution in [0.25, 0.3) is 5.65 Å². The van der Waals surface area contributed by atoms with Crippen LogP contribution in [0.1, 0.15) is 61.5 Å². The summed E-state index contributed by atoms with van der Waals surface area (Å²) in [5, 5.41) is 21.2. The first-order valence-corrected chi connectivity index (χ1v) is 9.21. The monoisotopic (exact) mass is 368 g/mol. The van der Waals surface area contributed by atoms with Crippen LogP contribution in [-0.2, 0) is 12.5 Å². The summed E-state index contributed by atoms with van der Waals surface area (Å²) in [6, 6.07) is 3.98. The van der Waals surface area contributed by atoms with Gasteiger partial charge < -0.3 is 4.90 Å². The minimum atomic E-state index is -0.0687. The lowest BCUT2D eigenvalue weighted by Gasteiger charge is -2.30. The van der Waals surface area contributed by atoms with Gasteiger partial charge in [-0.2, -0.15) is 9.61 Å². The molecular formula is C18H24N8O. The maximum absolute atomic E-state index is 12.5. The average molecular weight is 368 g/mol. The first-order valence-electron chi connectivity index (χ1n) is 9.21. The van der Waals surface area contributed by atoms with Gasteiger partial charge in [-0.1, -0.05) is 26.0 Å². The van der Waals surface area contributed by atoms with Crippen molar-refractivity contribution in [3.63, 3.8) is 0 Å². The molecule has 27 heavy (non-hydrogen) atoms. The molecule has 142 valence electrons. The summed E-state index contributed by atoms with van der Waals surface area (Å²) in [5.41, 5.74) is 2.12. The summed E-state index contributed by atoms with van der Waals surface area (Å²) >= 11 is 0. The van der Waals surface area contributed by atoms with Crippen LogP contribution in [-0.4, -0.2) is 58.7 Å². The van der Waals surface area contributed by atoms with Crippen LogP contribution in [0.4, 0.5) is 0 Å². The molecule has 0 aromatic carbocycles. The molecule has 1 amide bonds. The zero-order valence-corrected chi connectivity index (χ0v) is 16.1. The van der Waals surface area contributed by atoms with Gasteiger partial charge in [-0.25, -0.2) is 0 Å². The molecule has 3 aromatic rings. The smallest absolute Gasteiger partial charge is 0.276 e. The molecular weight excluding hydrogens is 344 g/mol. The summed E-state index contributed by atoms with van der Waals surface area (Å²) in [5.74, 6) is 1.04. The second kappa shape index (κ2) is 6.40. The topological polar surface area (TPSA) is 94.1 Å². The Balaban J connectivity index is 1.52. The van der Waals surface area contributed by atoms with Crippen LogP contribution in [0.3, 0.4) is 0 Å². The second-order valence-electron chi connectivity index (χ2n) is 8.14. The second-order valence-corrected chi connectivity index (χ2v) is 8.14. The number of hydrogen-bond donors (Lipinski definition) is 0. The molecule has 4 rings (SSSR count). The van der Waals surface area contributed by atoms with E-state index in [1.807, 2.05) is 21.5 Å². The Morgan fingerprint density at radius 2 is 1.85 bits per heavy atom. The SMILES string of the molecule is Cn1cc(C(=O)N2CCC(c3nnc4ccc(C(C)(C)C)nn34)CC2)nn1. The number of piperidine rings is 1. The Labute approximate surface area is 157 Å². The van der Waals surface area contributed by atoms with Gasteiger partial charge in [-0.3, -0.25) is 9.48 Å². The molecule has 1 aliphatic rings. The van der Waals surface area contributed by atoms with Gasteiger partial charge in [-0.05, 0) is 25.0 Å². The molecule has 0 aliphatic carbocycles. The molecule has 1 fully saturated rings. The highest BCUT2D eigenvalue weighted by atomic mass is 16.2. The predicted octanol–water partition coefficient (Wildman–Crippen LogP) is 1.57. The van der Waals surface area contributed by atoms with Crippen LogP contribution < -0.4 is 0 Å². The fourth-order valence-corrected chi connectivity index (χ4v) is 3.41. The van der Waals surface area contributed by atoms with E-state index < -0.39 is 0 Å². The van der Waals surface area contributed by atoms with Crippen molar-refractivity contribution >= 4 is 11.6 Å². The Morgan fingerprint density at radius 1 is 1.11 bits per heavy atom. The van der Waals surface area contributed by atoms with Crippen LogP contribution in [0.2, 0.25) is 0 Å². The molecule has 0 radical (unpaired) electrons. The zero-order valence-electron chi connectivity index (χ0n) is 16.1.